The smallest absolute Gasteiger partial charge is 0.117 e. The number of aryl methyl sites for hydroxylation is 2. The van der Waals surface area contributed by atoms with Gasteiger partial charge in [0.15, 0.2) is 0 Å². The number of hydrogen-bond acceptors (Lipinski definition) is 4. The summed E-state index contributed by atoms with van der Waals surface area (Å²) in [7, 11) is 0. The second-order valence-electron chi connectivity index (χ2n) is 4.83. The molecule has 2 aromatic carbocycles. The lowest BCUT2D eigenvalue weighted by Crippen LogP contribution is -1.90. The van der Waals surface area contributed by atoms with E-state index in [1.54, 1.807) is 18.1 Å². The molecule has 1 aromatic heterocycles. The highest BCUT2D eigenvalue weighted by Gasteiger charge is 2.08. The van der Waals surface area contributed by atoms with E-state index in [1.165, 1.54) is 16.0 Å². The molecule has 0 aliphatic heterocycles. The molecule has 0 saturated heterocycles. The third-order valence-electron chi connectivity index (χ3n) is 3.16. The number of nitrogen functional groups attached to an aromatic ring is 1. The highest BCUT2D eigenvalue weighted by Crippen LogP contribution is 2.33. The summed E-state index contributed by atoms with van der Waals surface area (Å²) < 4.78 is 0. The van der Waals surface area contributed by atoms with E-state index in [9.17, 15) is 0 Å². The van der Waals surface area contributed by atoms with Crippen molar-refractivity contribution >= 4 is 28.4 Å². The van der Waals surface area contributed by atoms with Crippen LogP contribution in [0, 0.1) is 13.8 Å². The highest BCUT2D eigenvalue weighted by molar-refractivity contribution is 7.99. The molecule has 0 fully saturated rings. The molecule has 0 bridgehead atoms. The number of fused-ring (bicyclic) bond motifs is 1. The lowest BCUT2D eigenvalue weighted by molar-refractivity contribution is 1.10. The van der Waals surface area contributed by atoms with E-state index in [0.29, 0.717) is 0 Å². The van der Waals surface area contributed by atoms with E-state index in [1.807, 2.05) is 18.2 Å². The van der Waals surface area contributed by atoms with Gasteiger partial charge in [-0.15, -0.1) is 0 Å². The Morgan fingerprint density at radius 1 is 1.00 bits per heavy atom. The fourth-order valence-electron chi connectivity index (χ4n) is 2.15. The summed E-state index contributed by atoms with van der Waals surface area (Å²) in [4.78, 5) is 9.89. The molecule has 0 aliphatic rings. The van der Waals surface area contributed by atoms with Gasteiger partial charge in [-0.3, -0.25) is 0 Å². The highest BCUT2D eigenvalue weighted by atomic mass is 32.2. The predicted molar refractivity (Wildman–Crippen MR) is 84.0 cm³/mol. The van der Waals surface area contributed by atoms with Crippen LogP contribution in [0.15, 0.2) is 52.6 Å². The fraction of sp³-hybridized carbons (Fsp3) is 0.125. The monoisotopic (exact) mass is 281 g/mol. The van der Waals surface area contributed by atoms with Crippen molar-refractivity contribution in [1.82, 2.24) is 9.97 Å². The molecular formula is C16H15N3S. The van der Waals surface area contributed by atoms with Gasteiger partial charge in [-0.1, -0.05) is 29.5 Å². The quantitative estimate of drug-likeness (QED) is 0.570. The van der Waals surface area contributed by atoms with Crippen LogP contribution in [0.3, 0.4) is 0 Å². The van der Waals surface area contributed by atoms with Crippen LogP contribution in [0.2, 0.25) is 0 Å². The Kier molecular flexibility index (Phi) is 3.32. The second-order valence-corrected chi connectivity index (χ2v) is 5.86. The summed E-state index contributed by atoms with van der Waals surface area (Å²) in [5.74, 6) is 0. The van der Waals surface area contributed by atoms with Gasteiger partial charge in [-0.2, -0.15) is 0 Å². The lowest BCUT2D eigenvalue weighted by Gasteiger charge is -2.08. The molecular weight excluding hydrogens is 266 g/mol. The molecule has 0 atom stereocenters. The topological polar surface area (TPSA) is 51.8 Å². The van der Waals surface area contributed by atoms with Gasteiger partial charge in [0.05, 0.1) is 5.52 Å². The third kappa shape index (κ3) is 2.47. The molecule has 0 spiro atoms. The molecule has 0 amide bonds. The van der Waals surface area contributed by atoms with Crippen molar-refractivity contribution in [2.24, 2.45) is 0 Å². The first-order valence-electron chi connectivity index (χ1n) is 6.39. The van der Waals surface area contributed by atoms with E-state index in [-0.39, 0.29) is 0 Å². The minimum Gasteiger partial charge on any atom is -0.399 e. The number of rotatable bonds is 2. The molecule has 3 nitrogen and oxygen atoms in total. The van der Waals surface area contributed by atoms with E-state index in [2.05, 4.69) is 42.0 Å². The van der Waals surface area contributed by atoms with E-state index < -0.39 is 0 Å². The van der Waals surface area contributed by atoms with E-state index in [4.69, 9.17) is 5.73 Å². The van der Waals surface area contributed by atoms with Crippen LogP contribution < -0.4 is 5.73 Å². The third-order valence-corrected chi connectivity index (χ3v) is 4.36. The number of aromatic nitrogens is 2. The Bertz CT molecular complexity index is 784. The Hall–Kier alpha value is -2.07. The summed E-state index contributed by atoms with van der Waals surface area (Å²) >= 11 is 1.65. The van der Waals surface area contributed by atoms with Gasteiger partial charge in [0, 0.05) is 16.0 Å². The van der Waals surface area contributed by atoms with Gasteiger partial charge in [0.2, 0.25) is 0 Å². The summed E-state index contributed by atoms with van der Waals surface area (Å²) in [6, 6.07) is 12.2. The SMILES string of the molecule is Cc1ccc(Sc2ncnc3ccc(N)cc23)c(C)c1. The second kappa shape index (κ2) is 5.13. The van der Waals surface area contributed by atoms with Gasteiger partial charge in [0.1, 0.15) is 11.4 Å². The van der Waals surface area contributed by atoms with Crippen molar-refractivity contribution in [3.05, 3.63) is 53.9 Å². The molecule has 2 N–H and O–H groups in total. The number of hydrogen-bond donors (Lipinski definition) is 1. The van der Waals surface area contributed by atoms with E-state index >= 15 is 0 Å². The zero-order chi connectivity index (χ0) is 14.1. The van der Waals surface area contributed by atoms with Crippen LogP contribution >= 0.6 is 11.8 Å². The average Bonchev–Trinajstić information content (AvgIpc) is 2.42. The maximum absolute atomic E-state index is 5.87. The Labute approximate surface area is 122 Å². The van der Waals surface area contributed by atoms with Crippen molar-refractivity contribution in [2.75, 3.05) is 5.73 Å². The standard InChI is InChI=1S/C16H15N3S/c1-10-3-6-15(11(2)7-10)20-16-13-8-12(17)4-5-14(13)18-9-19-16/h3-9H,17H2,1-2H3. The van der Waals surface area contributed by atoms with Crippen molar-refractivity contribution < 1.29 is 0 Å². The molecule has 1 heterocycles. The van der Waals surface area contributed by atoms with Crippen LogP contribution in [-0.4, -0.2) is 9.97 Å². The maximum Gasteiger partial charge on any atom is 0.117 e. The average molecular weight is 281 g/mol. The van der Waals surface area contributed by atoms with Crippen LogP contribution in [-0.2, 0) is 0 Å². The zero-order valence-electron chi connectivity index (χ0n) is 11.4. The molecule has 0 aliphatic carbocycles. The molecule has 0 unspecified atom stereocenters. The fourth-order valence-corrected chi connectivity index (χ4v) is 3.09. The van der Waals surface area contributed by atoms with Gasteiger partial charge in [0.25, 0.3) is 0 Å². The molecule has 100 valence electrons. The Balaban J connectivity index is 2.08. The summed E-state index contributed by atoms with van der Waals surface area (Å²) in [5, 5.41) is 1.94. The molecule has 0 saturated carbocycles. The summed E-state index contributed by atoms with van der Waals surface area (Å²) in [6.45, 7) is 4.22. The van der Waals surface area contributed by atoms with Crippen molar-refractivity contribution in [3.8, 4) is 0 Å². The number of nitrogens with two attached hydrogens (primary N) is 1. The normalized spacial score (nSPS) is 10.9. The number of nitrogens with zero attached hydrogens (tertiary/aromatic N) is 2. The first-order chi connectivity index (χ1) is 9.63. The first kappa shape index (κ1) is 12.9. The van der Waals surface area contributed by atoms with Gasteiger partial charge < -0.3 is 5.73 Å². The van der Waals surface area contributed by atoms with Gasteiger partial charge in [-0.25, -0.2) is 9.97 Å². The summed E-state index contributed by atoms with van der Waals surface area (Å²) in [6.07, 6.45) is 1.60. The van der Waals surface area contributed by atoms with Crippen molar-refractivity contribution in [1.29, 1.82) is 0 Å². The Morgan fingerprint density at radius 3 is 2.65 bits per heavy atom. The van der Waals surface area contributed by atoms with Crippen LogP contribution in [0.25, 0.3) is 10.9 Å². The van der Waals surface area contributed by atoms with Crippen LogP contribution in [0.1, 0.15) is 11.1 Å². The van der Waals surface area contributed by atoms with E-state index in [0.717, 1.165) is 21.6 Å². The molecule has 3 rings (SSSR count). The minimum absolute atomic E-state index is 0.731. The molecule has 4 heteroatoms. The summed E-state index contributed by atoms with van der Waals surface area (Å²) in [5.41, 5.74) is 10.0. The van der Waals surface area contributed by atoms with Gasteiger partial charge in [-0.05, 0) is 43.7 Å². The van der Waals surface area contributed by atoms with Gasteiger partial charge >= 0.3 is 0 Å². The molecule has 20 heavy (non-hydrogen) atoms. The largest absolute Gasteiger partial charge is 0.399 e. The maximum atomic E-state index is 5.87. The number of benzene rings is 2. The first-order valence-corrected chi connectivity index (χ1v) is 7.20. The lowest BCUT2D eigenvalue weighted by atomic mass is 10.2. The Morgan fingerprint density at radius 2 is 1.85 bits per heavy atom. The van der Waals surface area contributed by atoms with Crippen LogP contribution in [0.4, 0.5) is 5.69 Å². The molecule has 0 radical (unpaired) electrons. The van der Waals surface area contributed by atoms with Crippen molar-refractivity contribution in [2.45, 2.75) is 23.8 Å². The van der Waals surface area contributed by atoms with Crippen LogP contribution in [0.5, 0.6) is 0 Å². The van der Waals surface area contributed by atoms with Crippen molar-refractivity contribution in [3.63, 3.8) is 0 Å². The predicted octanol–water partition coefficient (Wildman–Crippen LogP) is 3.98. The zero-order valence-corrected chi connectivity index (χ0v) is 12.2. The molecule has 3 aromatic rings. The number of anilines is 1. The minimum atomic E-state index is 0.731.